The molecule has 88 valence electrons. The molecule has 0 aliphatic rings. The van der Waals surface area contributed by atoms with Crippen LogP contribution in [-0.2, 0) is 6.18 Å². The molecule has 0 aliphatic heterocycles. The highest BCUT2D eigenvalue weighted by Crippen LogP contribution is 2.33. The van der Waals surface area contributed by atoms with Gasteiger partial charge in [0.25, 0.3) is 0 Å². The topological polar surface area (TPSA) is 0 Å². The van der Waals surface area contributed by atoms with E-state index < -0.39 is 11.7 Å². The maximum atomic E-state index is 12.6. The molecule has 0 nitrogen and oxygen atoms in total. The van der Waals surface area contributed by atoms with Gasteiger partial charge in [0.15, 0.2) is 0 Å². The second-order valence-electron chi connectivity index (χ2n) is 3.89. The molecule has 0 heterocycles. The average Bonchev–Trinajstić information content (AvgIpc) is 2.29. The van der Waals surface area contributed by atoms with Crippen molar-refractivity contribution in [3.8, 4) is 11.1 Å². The molecule has 0 bridgehead atoms. The number of hydrogen-bond acceptors (Lipinski definition) is 0. The molecular weight excluding hydrogens is 225 g/mol. The van der Waals surface area contributed by atoms with Crippen LogP contribution in [0.4, 0.5) is 13.2 Å². The van der Waals surface area contributed by atoms with Crippen LogP contribution >= 0.6 is 0 Å². The molecule has 0 fully saturated rings. The van der Waals surface area contributed by atoms with Crippen molar-refractivity contribution in [1.29, 1.82) is 0 Å². The number of rotatable bonds is 1. The van der Waals surface area contributed by atoms with Crippen LogP contribution in [-0.4, -0.2) is 0 Å². The van der Waals surface area contributed by atoms with Gasteiger partial charge in [0.2, 0.25) is 0 Å². The van der Waals surface area contributed by atoms with Gasteiger partial charge in [-0.15, -0.1) is 0 Å². The van der Waals surface area contributed by atoms with Crippen LogP contribution in [0.1, 0.15) is 11.1 Å². The molecule has 2 aromatic carbocycles. The number of alkyl halides is 3. The summed E-state index contributed by atoms with van der Waals surface area (Å²) in [6.45, 7) is 1.81. The molecule has 0 atom stereocenters. The first-order valence-corrected chi connectivity index (χ1v) is 5.22. The van der Waals surface area contributed by atoms with Gasteiger partial charge in [-0.1, -0.05) is 36.4 Å². The van der Waals surface area contributed by atoms with E-state index in [0.717, 1.165) is 17.2 Å². The molecule has 0 saturated carbocycles. The first-order chi connectivity index (χ1) is 7.98. The minimum Gasteiger partial charge on any atom is -0.166 e. The highest BCUT2D eigenvalue weighted by atomic mass is 19.4. The van der Waals surface area contributed by atoms with E-state index in [0.29, 0.717) is 5.56 Å². The maximum absolute atomic E-state index is 12.6. The lowest BCUT2D eigenvalue weighted by Crippen LogP contribution is -2.05. The first kappa shape index (κ1) is 11.7. The Balaban J connectivity index is 2.55. The zero-order valence-corrected chi connectivity index (χ0v) is 9.25. The standard InChI is InChI=1S/C14H11F3/c1-10-7-8-12(14(15,16)17)9-13(10)11-5-3-2-4-6-11/h2-9H,1H3. The van der Waals surface area contributed by atoms with Crippen molar-refractivity contribution in [2.24, 2.45) is 0 Å². The van der Waals surface area contributed by atoms with Crippen molar-refractivity contribution in [2.45, 2.75) is 13.1 Å². The Hall–Kier alpha value is -1.77. The third kappa shape index (κ3) is 2.49. The maximum Gasteiger partial charge on any atom is 0.416 e. The number of benzene rings is 2. The summed E-state index contributed by atoms with van der Waals surface area (Å²) >= 11 is 0. The van der Waals surface area contributed by atoms with E-state index in [4.69, 9.17) is 0 Å². The molecular formula is C14H11F3. The van der Waals surface area contributed by atoms with Crippen molar-refractivity contribution in [2.75, 3.05) is 0 Å². The molecule has 0 unspecified atom stereocenters. The predicted octanol–water partition coefficient (Wildman–Crippen LogP) is 4.68. The van der Waals surface area contributed by atoms with Gasteiger partial charge in [-0.25, -0.2) is 0 Å². The Morgan fingerprint density at radius 2 is 1.53 bits per heavy atom. The summed E-state index contributed by atoms with van der Waals surface area (Å²) < 4.78 is 37.8. The Bertz CT molecular complexity index is 513. The fraction of sp³-hybridized carbons (Fsp3) is 0.143. The average molecular weight is 236 g/mol. The number of aryl methyl sites for hydroxylation is 1. The predicted molar refractivity (Wildman–Crippen MR) is 61.6 cm³/mol. The van der Waals surface area contributed by atoms with Crippen molar-refractivity contribution in [3.05, 3.63) is 59.7 Å². The van der Waals surface area contributed by atoms with Crippen molar-refractivity contribution in [1.82, 2.24) is 0 Å². The Morgan fingerprint density at radius 3 is 2.12 bits per heavy atom. The summed E-state index contributed by atoms with van der Waals surface area (Å²) in [5, 5.41) is 0. The summed E-state index contributed by atoms with van der Waals surface area (Å²) in [7, 11) is 0. The van der Waals surface area contributed by atoms with Crippen LogP contribution in [0.25, 0.3) is 11.1 Å². The third-order valence-corrected chi connectivity index (χ3v) is 2.65. The van der Waals surface area contributed by atoms with Gasteiger partial charge in [0.1, 0.15) is 0 Å². The second-order valence-corrected chi connectivity index (χ2v) is 3.89. The summed E-state index contributed by atoms with van der Waals surface area (Å²) in [5.41, 5.74) is 1.66. The fourth-order valence-corrected chi connectivity index (χ4v) is 1.73. The fourth-order valence-electron chi connectivity index (χ4n) is 1.73. The zero-order valence-electron chi connectivity index (χ0n) is 9.25. The Morgan fingerprint density at radius 1 is 0.882 bits per heavy atom. The Labute approximate surface area is 97.7 Å². The van der Waals surface area contributed by atoms with Crippen LogP contribution < -0.4 is 0 Å². The van der Waals surface area contributed by atoms with E-state index >= 15 is 0 Å². The smallest absolute Gasteiger partial charge is 0.166 e. The molecule has 3 heteroatoms. The van der Waals surface area contributed by atoms with Crippen molar-refractivity contribution >= 4 is 0 Å². The van der Waals surface area contributed by atoms with E-state index in [1.807, 2.05) is 37.3 Å². The molecule has 2 rings (SSSR count). The lowest BCUT2D eigenvalue weighted by atomic mass is 9.98. The van der Waals surface area contributed by atoms with Crippen molar-refractivity contribution < 1.29 is 13.2 Å². The van der Waals surface area contributed by atoms with Crippen LogP contribution in [0, 0.1) is 6.92 Å². The van der Waals surface area contributed by atoms with Crippen LogP contribution in [0.5, 0.6) is 0 Å². The lowest BCUT2D eigenvalue weighted by molar-refractivity contribution is -0.137. The molecule has 0 N–H and O–H groups in total. The van der Waals surface area contributed by atoms with E-state index in [1.165, 1.54) is 12.1 Å². The van der Waals surface area contributed by atoms with E-state index in [2.05, 4.69) is 0 Å². The van der Waals surface area contributed by atoms with E-state index in [1.54, 1.807) is 0 Å². The summed E-state index contributed by atoms with van der Waals surface area (Å²) in [5.74, 6) is 0. The van der Waals surface area contributed by atoms with Gasteiger partial charge in [-0.2, -0.15) is 13.2 Å². The molecule has 0 aliphatic carbocycles. The Kier molecular flexibility index (Phi) is 2.92. The van der Waals surface area contributed by atoms with Gasteiger partial charge in [0.05, 0.1) is 5.56 Å². The highest BCUT2D eigenvalue weighted by Gasteiger charge is 2.30. The molecule has 0 spiro atoms. The molecule has 0 radical (unpaired) electrons. The second kappa shape index (κ2) is 4.24. The largest absolute Gasteiger partial charge is 0.416 e. The van der Waals surface area contributed by atoms with Gasteiger partial charge < -0.3 is 0 Å². The molecule has 17 heavy (non-hydrogen) atoms. The normalized spacial score (nSPS) is 11.5. The monoisotopic (exact) mass is 236 g/mol. The van der Waals surface area contributed by atoms with Gasteiger partial charge >= 0.3 is 6.18 Å². The zero-order chi connectivity index (χ0) is 12.5. The van der Waals surface area contributed by atoms with Gasteiger partial charge in [-0.05, 0) is 35.7 Å². The minimum atomic E-state index is -4.29. The van der Waals surface area contributed by atoms with Crippen LogP contribution in [0.2, 0.25) is 0 Å². The molecule has 0 aromatic heterocycles. The first-order valence-electron chi connectivity index (χ1n) is 5.22. The van der Waals surface area contributed by atoms with E-state index in [9.17, 15) is 13.2 Å². The minimum absolute atomic E-state index is 0.609. The number of halogens is 3. The molecule has 0 saturated heterocycles. The summed E-state index contributed by atoms with van der Waals surface area (Å²) in [4.78, 5) is 0. The van der Waals surface area contributed by atoms with Gasteiger partial charge in [0, 0.05) is 0 Å². The van der Waals surface area contributed by atoms with Gasteiger partial charge in [-0.3, -0.25) is 0 Å². The van der Waals surface area contributed by atoms with Crippen LogP contribution in [0.15, 0.2) is 48.5 Å². The molecule has 2 aromatic rings. The summed E-state index contributed by atoms with van der Waals surface area (Å²) in [6, 6.07) is 12.9. The highest BCUT2D eigenvalue weighted by molar-refractivity contribution is 5.67. The third-order valence-electron chi connectivity index (χ3n) is 2.65. The SMILES string of the molecule is Cc1ccc(C(F)(F)F)cc1-c1ccccc1. The number of hydrogen-bond donors (Lipinski definition) is 0. The molecule has 0 amide bonds. The van der Waals surface area contributed by atoms with E-state index in [-0.39, 0.29) is 0 Å². The van der Waals surface area contributed by atoms with Crippen LogP contribution in [0.3, 0.4) is 0 Å². The lowest BCUT2D eigenvalue weighted by Gasteiger charge is -2.11. The summed E-state index contributed by atoms with van der Waals surface area (Å²) in [6.07, 6.45) is -4.29. The van der Waals surface area contributed by atoms with Crippen molar-refractivity contribution in [3.63, 3.8) is 0 Å². The quantitative estimate of drug-likeness (QED) is 0.674.